The summed E-state index contributed by atoms with van der Waals surface area (Å²) in [6.45, 7) is 4.41. The van der Waals surface area contributed by atoms with Crippen LogP contribution in [0.1, 0.15) is 33.1 Å². The van der Waals surface area contributed by atoms with Gasteiger partial charge in [0.05, 0.1) is 9.92 Å². The van der Waals surface area contributed by atoms with Gasteiger partial charge in [-0.05, 0) is 65.2 Å². The van der Waals surface area contributed by atoms with Crippen LogP contribution in [-0.4, -0.2) is 14.5 Å². The molecule has 0 saturated heterocycles. The maximum absolute atomic E-state index is 12.4. The van der Waals surface area contributed by atoms with Gasteiger partial charge in [-0.15, -0.1) is 0 Å². The zero-order valence-corrected chi connectivity index (χ0v) is 14.7. The Morgan fingerprint density at radius 3 is 2.55 bits per heavy atom. The van der Waals surface area contributed by atoms with Crippen LogP contribution in [0, 0.1) is 11.8 Å². The van der Waals surface area contributed by atoms with Crippen LogP contribution in [0.15, 0.2) is 27.6 Å². The first-order valence-electron chi connectivity index (χ1n) is 6.77. The molecule has 0 amide bonds. The van der Waals surface area contributed by atoms with Gasteiger partial charge < -0.3 is 0 Å². The van der Waals surface area contributed by atoms with E-state index in [2.05, 4.69) is 34.5 Å². The Morgan fingerprint density at radius 1 is 1.25 bits per heavy atom. The summed E-state index contributed by atoms with van der Waals surface area (Å²) < 4.78 is 28.2. The van der Waals surface area contributed by atoms with E-state index in [1.807, 2.05) is 0 Å². The fourth-order valence-electron chi connectivity index (χ4n) is 2.59. The lowest BCUT2D eigenvalue weighted by Gasteiger charge is -2.32. The van der Waals surface area contributed by atoms with Crippen LogP contribution < -0.4 is 4.72 Å². The van der Waals surface area contributed by atoms with Gasteiger partial charge >= 0.3 is 0 Å². The number of rotatable bonds is 3. The zero-order valence-electron chi connectivity index (χ0n) is 11.6. The minimum Gasteiger partial charge on any atom is -0.208 e. The van der Waals surface area contributed by atoms with E-state index < -0.39 is 10.0 Å². The fraction of sp³-hybridized carbons (Fsp3) is 0.571. The molecule has 1 aliphatic carbocycles. The Balaban J connectivity index is 2.13. The van der Waals surface area contributed by atoms with Gasteiger partial charge in [0, 0.05) is 10.5 Å². The van der Waals surface area contributed by atoms with Gasteiger partial charge in [0.15, 0.2) is 0 Å². The summed E-state index contributed by atoms with van der Waals surface area (Å²) in [7, 11) is -3.48. The molecule has 2 rings (SSSR count). The highest BCUT2D eigenvalue weighted by Crippen LogP contribution is 2.31. The molecule has 0 aliphatic heterocycles. The maximum atomic E-state index is 12.4. The first kappa shape index (κ1) is 16.3. The van der Waals surface area contributed by atoms with Gasteiger partial charge in [-0.2, -0.15) is 0 Å². The third-order valence-corrected chi connectivity index (χ3v) is 6.85. The summed E-state index contributed by atoms with van der Waals surface area (Å²) in [5.41, 5.74) is 0. The van der Waals surface area contributed by atoms with Gasteiger partial charge in [-0.1, -0.05) is 25.4 Å². The first-order valence-corrected chi connectivity index (χ1v) is 9.42. The predicted octanol–water partition coefficient (Wildman–Crippen LogP) is 4.21. The topological polar surface area (TPSA) is 46.2 Å². The number of hydrogen-bond acceptors (Lipinski definition) is 2. The van der Waals surface area contributed by atoms with Crippen molar-refractivity contribution in [2.24, 2.45) is 11.8 Å². The van der Waals surface area contributed by atoms with Crippen molar-refractivity contribution in [3.05, 3.63) is 27.7 Å². The largest absolute Gasteiger partial charge is 0.240 e. The van der Waals surface area contributed by atoms with Gasteiger partial charge in [0.25, 0.3) is 0 Å². The number of hydrogen-bond donors (Lipinski definition) is 1. The molecule has 0 radical (unpaired) electrons. The van der Waals surface area contributed by atoms with Gasteiger partial charge in [-0.3, -0.25) is 0 Å². The molecule has 6 heteroatoms. The minimum absolute atomic E-state index is 0.0284. The summed E-state index contributed by atoms with van der Waals surface area (Å²) in [5.74, 6) is 1.22. The van der Waals surface area contributed by atoms with E-state index in [9.17, 15) is 8.42 Å². The molecule has 3 unspecified atom stereocenters. The van der Waals surface area contributed by atoms with E-state index in [0.717, 1.165) is 19.3 Å². The minimum atomic E-state index is -3.48. The summed E-state index contributed by atoms with van der Waals surface area (Å²) in [6, 6.07) is 4.69. The summed E-state index contributed by atoms with van der Waals surface area (Å²) in [5, 5.41) is 0.504. The molecule has 3 nitrogen and oxygen atoms in total. The number of benzene rings is 1. The molecule has 1 saturated carbocycles. The lowest BCUT2D eigenvalue weighted by Crippen LogP contribution is -2.39. The Labute approximate surface area is 134 Å². The normalized spacial score (nSPS) is 27.5. The average molecular weight is 381 g/mol. The second-order valence-electron chi connectivity index (χ2n) is 5.66. The maximum Gasteiger partial charge on any atom is 0.240 e. The molecule has 20 heavy (non-hydrogen) atoms. The Morgan fingerprint density at radius 2 is 1.95 bits per heavy atom. The van der Waals surface area contributed by atoms with Crippen LogP contribution in [0.3, 0.4) is 0 Å². The zero-order chi connectivity index (χ0) is 14.9. The fourth-order valence-corrected chi connectivity index (χ4v) is 4.54. The lowest BCUT2D eigenvalue weighted by molar-refractivity contribution is 0.242. The monoisotopic (exact) mass is 379 g/mol. The van der Waals surface area contributed by atoms with Crippen molar-refractivity contribution in [2.45, 2.75) is 44.0 Å². The summed E-state index contributed by atoms with van der Waals surface area (Å²) in [4.78, 5) is 0.250. The molecule has 1 aliphatic rings. The lowest BCUT2D eigenvalue weighted by atomic mass is 9.79. The molecule has 0 bridgehead atoms. The van der Waals surface area contributed by atoms with Gasteiger partial charge in [0.2, 0.25) is 10.0 Å². The predicted molar refractivity (Wildman–Crippen MR) is 85.4 cm³/mol. The van der Waals surface area contributed by atoms with Crippen LogP contribution in [0.25, 0.3) is 0 Å². The summed E-state index contributed by atoms with van der Waals surface area (Å²) >= 11 is 9.15. The standard InChI is InChI=1S/C14H19BrClNO2S/c1-9-3-4-11(7-10(9)2)17-20(18,19)12-5-6-14(16)13(15)8-12/h5-6,8-11,17H,3-4,7H2,1-2H3. The van der Waals surface area contributed by atoms with Crippen LogP contribution in [-0.2, 0) is 10.0 Å². The molecule has 112 valence electrons. The highest BCUT2D eigenvalue weighted by atomic mass is 79.9. The molecule has 0 heterocycles. The van der Waals surface area contributed by atoms with Crippen LogP contribution >= 0.6 is 27.5 Å². The quantitative estimate of drug-likeness (QED) is 0.854. The molecular weight excluding hydrogens is 362 g/mol. The molecule has 3 atom stereocenters. The van der Waals surface area contributed by atoms with Crippen LogP contribution in [0.2, 0.25) is 5.02 Å². The van der Waals surface area contributed by atoms with E-state index >= 15 is 0 Å². The Hall–Kier alpha value is -0.100. The molecular formula is C14H19BrClNO2S. The Bertz CT molecular complexity index is 591. The molecule has 1 aromatic rings. The van der Waals surface area contributed by atoms with Crippen molar-refractivity contribution in [2.75, 3.05) is 0 Å². The molecule has 0 aromatic heterocycles. The molecule has 1 aromatic carbocycles. The van der Waals surface area contributed by atoms with Crippen LogP contribution in [0.4, 0.5) is 0 Å². The molecule has 1 N–H and O–H groups in total. The number of sulfonamides is 1. The Kier molecular flexibility index (Phi) is 5.16. The SMILES string of the molecule is CC1CCC(NS(=O)(=O)c2ccc(Cl)c(Br)c2)CC1C. The number of halogens is 2. The van der Waals surface area contributed by atoms with E-state index in [4.69, 9.17) is 11.6 Å². The average Bonchev–Trinajstić information content (AvgIpc) is 2.37. The third kappa shape index (κ3) is 3.75. The smallest absolute Gasteiger partial charge is 0.208 e. The highest BCUT2D eigenvalue weighted by molar-refractivity contribution is 9.10. The van der Waals surface area contributed by atoms with E-state index in [-0.39, 0.29) is 10.9 Å². The highest BCUT2D eigenvalue weighted by Gasteiger charge is 2.28. The second-order valence-corrected chi connectivity index (χ2v) is 8.64. The van der Waals surface area contributed by atoms with E-state index in [0.29, 0.717) is 21.3 Å². The van der Waals surface area contributed by atoms with Crippen molar-refractivity contribution < 1.29 is 8.42 Å². The number of nitrogens with one attached hydrogen (secondary N) is 1. The van der Waals surface area contributed by atoms with Crippen molar-refractivity contribution in [1.82, 2.24) is 4.72 Å². The van der Waals surface area contributed by atoms with Crippen LogP contribution in [0.5, 0.6) is 0 Å². The van der Waals surface area contributed by atoms with Crippen molar-refractivity contribution >= 4 is 37.6 Å². The third-order valence-electron chi connectivity index (χ3n) is 4.12. The second kappa shape index (κ2) is 6.34. The van der Waals surface area contributed by atoms with Crippen molar-refractivity contribution in [1.29, 1.82) is 0 Å². The van der Waals surface area contributed by atoms with Crippen molar-refractivity contribution in [3.63, 3.8) is 0 Å². The molecule has 1 fully saturated rings. The van der Waals surface area contributed by atoms with Crippen molar-refractivity contribution in [3.8, 4) is 0 Å². The van der Waals surface area contributed by atoms with Gasteiger partial charge in [0.1, 0.15) is 0 Å². The molecule has 0 spiro atoms. The first-order chi connectivity index (χ1) is 9.29. The van der Waals surface area contributed by atoms with E-state index in [1.165, 1.54) is 6.07 Å². The summed E-state index contributed by atoms with van der Waals surface area (Å²) in [6.07, 6.45) is 2.87. The van der Waals surface area contributed by atoms with Gasteiger partial charge in [-0.25, -0.2) is 13.1 Å². The van der Waals surface area contributed by atoms with E-state index in [1.54, 1.807) is 12.1 Å².